The second-order valence-electron chi connectivity index (χ2n) is 5.81. The van der Waals surface area contributed by atoms with Crippen LogP contribution in [0.1, 0.15) is 15.9 Å². The Balaban J connectivity index is 1.60. The number of benzene rings is 3. The second kappa shape index (κ2) is 8.91. The predicted octanol–water partition coefficient (Wildman–Crippen LogP) is 4.56. The van der Waals surface area contributed by atoms with Crippen molar-refractivity contribution >= 4 is 34.6 Å². The summed E-state index contributed by atoms with van der Waals surface area (Å²) in [6, 6.07) is 22.9. The first-order chi connectivity index (χ1) is 13.1. The Morgan fingerprint density at radius 1 is 0.889 bits per heavy atom. The SMILES string of the molecule is O=C(NCc1ccccc1)c1cccc(NC(=S)Nc2ccccc2F)c1. The highest BCUT2D eigenvalue weighted by molar-refractivity contribution is 7.80. The predicted molar refractivity (Wildman–Crippen MR) is 110 cm³/mol. The molecule has 4 nitrogen and oxygen atoms in total. The lowest BCUT2D eigenvalue weighted by atomic mass is 10.1. The van der Waals surface area contributed by atoms with E-state index in [1.165, 1.54) is 6.07 Å². The van der Waals surface area contributed by atoms with Crippen LogP contribution < -0.4 is 16.0 Å². The van der Waals surface area contributed by atoms with Gasteiger partial charge in [0.1, 0.15) is 5.82 Å². The highest BCUT2D eigenvalue weighted by Crippen LogP contribution is 2.15. The molecule has 0 fully saturated rings. The molecule has 0 aliphatic carbocycles. The third-order valence-corrected chi connectivity index (χ3v) is 4.00. The molecule has 1 amide bonds. The van der Waals surface area contributed by atoms with Crippen LogP contribution >= 0.6 is 12.2 Å². The van der Waals surface area contributed by atoms with E-state index in [4.69, 9.17) is 12.2 Å². The number of carbonyl (C=O) groups is 1. The lowest BCUT2D eigenvalue weighted by molar-refractivity contribution is 0.0951. The number of hydrogen-bond acceptors (Lipinski definition) is 2. The highest BCUT2D eigenvalue weighted by Gasteiger charge is 2.08. The van der Waals surface area contributed by atoms with Gasteiger partial charge in [-0.2, -0.15) is 0 Å². The molecule has 0 aliphatic rings. The minimum absolute atomic E-state index is 0.185. The maximum Gasteiger partial charge on any atom is 0.251 e. The summed E-state index contributed by atoms with van der Waals surface area (Å²) < 4.78 is 13.7. The van der Waals surface area contributed by atoms with E-state index in [2.05, 4.69) is 16.0 Å². The zero-order valence-corrected chi connectivity index (χ0v) is 15.2. The molecule has 3 rings (SSSR count). The number of carbonyl (C=O) groups excluding carboxylic acids is 1. The summed E-state index contributed by atoms with van der Waals surface area (Å²) in [6.45, 7) is 0.449. The van der Waals surface area contributed by atoms with Crippen molar-refractivity contribution in [2.45, 2.75) is 6.54 Å². The summed E-state index contributed by atoms with van der Waals surface area (Å²) in [4.78, 5) is 12.4. The molecule has 6 heteroatoms. The maximum absolute atomic E-state index is 13.7. The zero-order chi connectivity index (χ0) is 19.1. The molecular weight excluding hydrogens is 361 g/mol. The second-order valence-corrected chi connectivity index (χ2v) is 6.22. The van der Waals surface area contributed by atoms with Crippen molar-refractivity contribution in [1.29, 1.82) is 0 Å². The third-order valence-electron chi connectivity index (χ3n) is 3.80. The van der Waals surface area contributed by atoms with Gasteiger partial charge in [-0.15, -0.1) is 0 Å². The van der Waals surface area contributed by atoms with Gasteiger partial charge in [0.05, 0.1) is 5.69 Å². The molecule has 0 heterocycles. The summed E-state index contributed by atoms with van der Waals surface area (Å²) in [7, 11) is 0. The van der Waals surface area contributed by atoms with Crippen molar-refractivity contribution in [2.24, 2.45) is 0 Å². The Labute approximate surface area is 162 Å². The van der Waals surface area contributed by atoms with Crippen LogP contribution in [-0.4, -0.2) is 11.0 Å². The molecule has 0 bridgehead atoms. The summed E-state index contributed by atoms with van der Waals surface area (Å²) in [6.07, 6.45) is 0. The van der Waals surface area contributed by atoms with Gasteiger partial charge in [0, 0.05) is 17.8 Å². The van der Waals surface area contributed by atoms with E-state index in [0.717, 1.165) is 5.56 Å². The van der Waals surface area contributed by atoms with Crippen molar-refractivity contribution in [3.05, 3.63) is 95.8 Å². The first kappa shape index (κ1) is 18.5. The van der Waals surface area contributed by atoms with Gasteiger partial charge in [0.15, 0.2) is 5.11 Å². The summed E-state index contributed by atoms with van der Waals surface area (Å²) >= 11 is 5.21. The quantitative estimate of drug-likeness (QED) is 0.569. The zero-order valence-electron chi connectivity index (χ0n) is 14.4. The minimum atomic E-state index is -0.393. The Morgan fingerprint density at radius 2 is 1.63 bits per heavy atom. The van der Waals surface area contributed by atoms with E-state index in [9.17, 15) is 9.18 Å². The van der Waals surface area contributed by atoms with Crippen LogP contribution in [0.15, 0.2) is 78.9 Å². The number of anilines is 2. The standard InChI is InChI=1S/C21H18FN3OS/c22-18-11-4-5-12-19(18)25-21(27)24-17-10-6-9-16(13-17)20(26)23-14-15-7-2-1-3-8-15/h1-13H,14H2,(H,23,26)(H2,24,25,27). The number of halogens is 1. The van der Waals surface area contributed by atoms with Crippen LogP contribution in [0.25, 0.3) is 0 Å². The minimum Gasteiger partial charge on any atom is -0.348 e. The Bertz CT molecular complexity index is 947. The fourth-order valence-electron chi connectivity index (χ4n) is 2.47. The van der Waals surface area contributed by atoms with Gasteiger partial charge < -0.3 is 16.0 Å². The molecular formula is C21H18FN3OS. The van der Waals surface area contributed by atoms with Gasteiger partial charge >= 0.3 is 0 Å². The lowest BCUT2D eigenvalue weighted by Crippen LogP contribution is -2.23. The number of nitrogens with one attached hydrogen (secondary N) is 3. The Hall–Kier alpha value is -3.25. The fraction of sp³-hybridized carbons (Fsp3) is 0.0476. The molecule has 0 atom stereocenters. The molecule has 3 aromatic carbocycles. The molecule has 136 valence electrons. The van der Waals surface area contributed by atoms with Crippen molar-refractivity contribution in [2.75, 3.05) is 10.6 Å². The average Bonchev–Trinajstić information content (AvgIpc) is 2.69. The topological polar surface area (TPSA) is 53.2 Å². The average molecular weight is 379 g/mol. The Morgan fingerprint density at radius 3 is 2.41 bits per heavy atom. The number of para-hydroxylation sites is 1. The summed E-state index contributed by atoms with van der Waals surface area (Å²) in [5.74, 6) is -0.578. The van der Waals surface area contributed by atoms with Gasteiger partial charge in [-0.1, -0.05) is 48.5 Å². The fourth-order valence-corrected chi connectivity index (χ4v) is 2.69. The van der Waals surface area contributed by atoms with E-state index >= 15 is 0 Å². The first-order valence-corrected chi connectivity index (χ1v) is 8.77. The van der Waals surface area contributed by atoms with E-state index < -0.39 is 5.82 Å². The molecule has 0 saturated carbocycles. The van der Waals surface area contributed by atoms with E-state index in [-0.39, 0.29) is 16.7 Å². The molecule has 0 aliphatic heterocycles. The monoisotopic (exact) mass is 379 g/mol. The van der Waals surface area contributed by atoms with Crippen LogP contribution in [0, 0.1) is 5.82 Å². The van der Waals surface area contributed by atoms with E-state index in [1.807, 2.05) is 30.3 Å². The number of hydrogen-bond donors (Lipinski definition) is 3. The van der Waals surface area contributed by atoms with Crippen molar-refractivity contribution in [3.63, 3.8) is 0 Å². The number of rotatable bonds is 5. The maximum atomic E-state index is 13.7. The highest BCUT2D eigenvalue weighted by atomic mass is 32.1. The van der Waals surface area contributed by atoms with E-state index in [1.54, 1.807) is 42.5 Å². The van der Waals surface area contributed by atoms with Crippen LogP contribution in [0.3, 0.4) is 0 Å². The third kappa shape index (κ3) is 5.36. The lowest BCUT2D eigenvalue weighted by Gasteiger charge is -2.12. The van der Waals surface area contributed by atoms with Crippen molar-refractivity contribution in [1.82, 2.24) is 5.32 Å². The van der Waals surface area contributed by atoms with Gasteiger partial charge in [-0.25, -0.2) is 4.39 Å². The van der Waals surface area contributed by atoms with Crippen LogP contribution in [0.5, 0.6) is 0 Å². The van der Waals surface area contributed by atoms with Gasteiger partial charge in [-0.05, 0) is 48.1 Å². The Kier molecular flexibility index (Phi) is 6.12. The number of amides is 1. The normalized spacial score (nSPS) is 10.1. The smallest absolute Gasteiger partial charge is 0.251 e. The van der Waals surface area contributed by atoms with Crippen molar-refractivity contribution < 1.29 is 9.18 Å². The molecule has 3 aromatic rings. The number of thiocarbonyl (C=S) groups is 1. The largest absolute Gasteiger partial charge is 0.348 e. The van der Waals surface area contributed by atoms with Gasteiger partial charge in [0.2, 0.25) is 0 Å². The summed E-state index contributed by atoms with van der Waals surface area (Å²) in [5, 5.41) is 8.88. The first-order valence-electron chi connectivity index (χ1n) is 8.36. The molecule has 0 aromatic heterocycles. The van der Waals surface area contributed by atoms with Crippen molar-refractivity contribution in [3.8, 4) is 0 Å². The molecule has 3 N–H and O–H groups in total. The molecule has 0 radical (unpaired) electrons. The van der Waals surface area contributed by atoms with Crippen LogP contribution in [0.2, 0.25) is 0 Å². The van der Waals surface area contributed by atoms with Crippen LogP contribution in [-0.2, 0) is 6.54 Å². The van der Waals surface area contributed by atoms with Gasteiger partial charge in [0.25, 0.3) is 5.91 Å². The molecule has 27 heavy (non-hydrogen) atoms. The van der Waals surface area contributed by atoms with E-state index in [0.29, 0.717) is 17.8 Å². The van der Waals surface area contributed by atoms with Crippen LogP contribution in [0.4, 0.5) is 15.8 Å². The summed E-state index contributed by atoms with van der Waals surface area (Å²) in [5.41, 5.74) is 2.45. The van der Waals surface area contributed by atoms with Gasteiger partial charge in [-0.3, -0.25) is 4.79 Å². The molecule has 0 saturated heterocycles. The molecule has 0 unspecified atom stereocenters. The molecule has 0 spiro atoms.